The van der Waals surface area contributed by atoms with Gasteiger partial charge in [0.25, 0.3) is 5.91 Å². The predicted molar refractivity (Wildman–Crippen MR) is 99.0 cm³/mol. The van der Waals surface area contributed by atoms with Gasteiger partial charge in [-0.25, -0.2) is 0 Å². The summed E-state index contributed by atoms with van der Waals surface area (Å²) >= 11 is 3.41. The zero-order chi connectivity index (χ0) is 18.4. The van der Waals surface area contributed by atoms with Crippen LogP contribution in [-0.2, 0) is 16.0 Å². The number of hydrogen-bond acceptors (Lipinski definition) is 3. The Kier molecular flexibility index (Phi) is 6.30. The van der Waals surface area contributed by atoms with E-state index in [1.165, 1.54) is 6.92 Å². The summed E-state index contributed by atoms with van der Waals surface area (Å²) in [7, 11) is 0. The van der Waals surface area contributed by atoms with Crippen LogP contribution in [0.4, 0.5) is 5.69 Å². The molecule has 0 bridgehead atoms. The van der Waals surface area contributed by atoms with Crippen molar-refractivity contribution in [1.82, 2.24) is 5.32 Å². The second-order valence-corrected chi connectivity index (χ2v) is 6.31. The smallest absolute Gasteiger partial charge is 0.254 e. The van der Waals surface area contributed by atoms with Gasteiger partial charge in [-0.3, -0.25) is 14.4 Å². The molecule has 0 saturated carbocycles. The topological polar surface area (TPSA) is 101 Å². The molecule has 2 aromatic rings. The molecule has 25 heavy (non-hydrogen) atoms. The van der Waals surface area contributed by atoms with Crippen LogP contribution in [0.15, 0.2) is 53.0 Å². The van der Waals surface area contributed by atoms with Gasteiger partial charge in [0.15, 0.2) is 0 Å². The van der Waals surface area contributed by atoms with E-state index < -0.39 is 17.9 Å². The van der Waals surface area contributed by atoms with Crippen molar-refractivity contribution in [2.45, 2.75) is 19.4 Å². The maximum absolute atomic E-state index is 12.6. The number of rotatable bonds is 6. The minimum atomic E-state index is -0.878. The minimum absolute atomic E-state index is 0.255. The van der Waals surface area contributed by atoms with E-state index in [1.807, 2.05) is 24.3 Å². The molecular formula is C18H18BrN3O3. The van der Waals surface area contributed by atoms with Gasteiger partial charge >= 0.3 is 0 Å². The molecule has 0 aliphatic rings. The Labute approximate surface area is 153 Å². The van der Waals surface area contributed by atoms with Crippen LogP contribution in [-0.4, -0.2) is 23.8 Å². The number of hydrogen-bond donors (Lipinski definition) is 3. The highest BCUT2D eigenvalue weighted by Crippen LogP contribution is 2.19. The highest BCUT2D eigenvalue weighted by atomic mass is 79.9. The molecule has 0 saturated heterocycles. The van der Waals surface area contributed by atoms with E-state index in [2.05, 4.69) is 26.6 Å². The van der Waals surface area contributed by atoms with Crippen LogP contribution >= 0.6 is 15.9 Å². The lowest BCUT2D eigenvalue weighted by molar-refractivity contribution is -0.119. The van der Waals surface area contributed by atoms with Crippen LogP contribution in [0.3, 0.4) is 0 Å². The van der Waals surface area contributed by atoms with Crippen molar-refractivity contribution >= 4 is 39.3 Å². The molecule has 0 aliphatic carbocycles. The summed E-state index contributed by atoms with van der Waals surface area (Å²) in [5.41, 5.74) is 6.92. The number of amides is 3. The lowest BCUT2D eigenvalue weighted by Gasteiger charge is -2.17. The molecule has 0 unspecified atom stereocenters. The number of primary amides is 1. The lowest BCUT2D eigenvalue weighted by Crippen LogP contribution is -2.46. The van der Waals surface area contributed by atoms with Crippen LogP contribution in [0.2, 0.25) is 0 Å². The van der Waals surface area contributed by atoms with Crippen molar-refractivity contribution in [3.8, 4) is 0 Å². The summed E-state index contributed by atoms with van der Waals surface area (Å²) in [5, 5.41) is 5.23. The molecule has 0 fully saturated rings. The number of para-hydroxylation sites is 1. The number of carbonyl (C=O) groups excluding carboxylic acids is 3. The van der Waals surface area contributed by atoms with Crippen molar-refractivity contribution in [2.24, 2.45) is 5.73 Å². The van der Waals surface area contributed by atoms with Gasteiger partial charge in [-0.15, -0.1) is 0 Å². The fourth-order valence-electron chi connectivity index (χ4n) is 2.32. The van der Waals surface area contributed by atoms with E-state index in [-0.39, 0.29) is 17.9 Å². The van der Waals surface area contributed by atoms with Crippen molar-refractivity contribution in [3.63, 3.8) is 0 Å². The average Bonchev–Trinajstić information content (AvgIpc) is 2.55. The number of halogens is 1. The van der Waals surface area contributed by atoms with E-state index in [1.54, 1.807) is 24.3 Å². The third-order valence-electron chi connectivity index (χ3n) is 3.51. The number of nitrogens with two attached hydrogens (primary N) is 1. The zero-order valence-electron chi connectivity index (χ0n) is 13.6. The first kappa shape index (κ1) is 18.7. The predicted octanol–water partition coefficient (Wildman–Crippen LogP) is 2.23. The zero-order valence-corrected chi connectivity index (χ0v) is 15.2. The first-order chi connectivity index (χ1) is 11.9. The Morgan fingerprint density at radius 2 is 1.72 bits per heavy atom. The van der Waals surface area contributed by atoms with Gasteiger partial charge in [0.05, 0.1) is 11.3 Å². The summed E-state index contributed by atoms with van der Waals surface area (Å²) in [5.74, 6) is -1.42. The van der Waals surface area contributed by atoms with E-state index in [0.717, 1.165) is 10.0 Å². The average molecular weight is 404 g/mol. The Bertz CT molecular complexity index is 808. The molecule has 2 rings (SSSR count). The molecule has 3 amide bonds. The molecule has 0 aliphatic heterocycles. The quantitative estimate of drug-likeness (QED) is 0.688. The molecule has 0 radical (unpaired) electrons. The molecule has 2 aromatic carbocycles. The van der Waals surface area contributed by atoms with Gasteiger partial charge in [-0.05, 0) is 23.8 Å². The first-order valence-corrected chi connectivity index (χ1v) is 8.38. The van der Waals surface area contributed by atoms with Crippen molar-refractivity contribution in [2.75, 3.05) is 5.32 Å². The molecule has 4 N–H and O–H groups in total. The summed E-state index contributed by atoms with van der Waals surface area (Å²) in [4.78, 5) is 35.6. The molecule has 1 atom stereocenters. The summed E-state index contributed by atoms with van der Waals surface area (Å²) in [6.45, 7) is 1.35. The molecule has 130 valence electrons. The van der Waals surface area contributed by atoms with E-state index in [9.17, 15) is 14.4 Å². The number of anilines is 1. The Hall–Kier alpha value is -2.67. The first-order valence-electron chi connectivity index (χ1n) is 7.58. The van der Waals surface area contributed by atoms with Crippen LogP contribution in [0.25, 0.3) is 0 Å². The third kappa shape index (κ3) is 5.15. The molecule has 0 aromatic heterocycles. The van der Waals surface area contributed by atoms with Gasteiger partial charge in [-0.1, -0.05) is 46.3 Å². The Morgan fingerprint density at radius 1 is 1.08 bits per heavy atom. The maximum Gasteiger partial charge on any atom is 0.254 e. The summed E-state index contributed by atoms with van der Waals surface area (Å²) in [6, 6.07) is 13.1. The van der Waals surface area contributed by atoms with Crippen molar-refractivity contribution in [3.05, 3.63) is 64.1 Å². The largest absolute Gasteiger partial charge is 0.368 e. The van der Waals surface area contributed by atoms with Gasteiger partial charge in [0.1, 0.15) is 6.04 Å². The second kappa shape index (κ2) is 8.43. The molecule has 6 nitrogen and oxygen atoms in total. The minimum Gasteiger partial charge on any atom is -0.368 e. The van der Waals surface area contributed by atoms with Gasteiger partial charge in [-0.2, -0.15) is 0 Å². The van der Waals surface area contributed by atoms with Gasteiger partial charge in [0.2, 0.25) is 11.8 Å². The number of benzene rings is 2. The summed E-state index contributed by atoms with van der Waals surface area (Å²) < 4.78 is 0.828. The van der Waals surface area contributed by atoms with Gasteiger partial charge in [0, 0.05) is 17.8 Å². The van der Waals surface area contributed by atoms with Crippen molar-refractivity contribution in [1.29, 1.82) is 0 Å². The monoisotopic (exact) mass is 403 g/mol. The van der Waals surface area contributed by atoms with E-state index in [4.69, 9.17) is 5.73 Å². The molecular weight excluding hydrogens is 386 g/mol. The molecule has 0 spiro atoms. The number of nitrogens with one attached hydrogen (secondary N) is 2. The van der Waals surface area contributed by atoms with E-state index in [0.29, 0.717) is 5.69 Å². The fourth-order valence-corrected chi connectivity index (χ4v) is 2.77. The molecule has 7 heteroatoms. The SMILES string of the molecule is CC(=O)Nc1ccccc1C(=O)N[C@@H](Cc1ccccc1Br)C(N)=O. The van der Waals surface area contributed by atoms with Crippen molar-refractivity contribution < 1.29 is 14.4 Å². The van der Waals surface area contributed by atoms with Crippen LogP contribution in [0, 0.1) is 0 Å². The Balaban J connectivity index is 2.20. The summed E-state index contributed by atoms with van der Waals surface area (Å²) in [6.07, 6.45) is 0.255. The third-order valence-corrected chi connectivity index (χ3v) is 4.29. The normalized spacial score (nSPS) is 11.4. The van der Waals surface area contributed by atoms with Gasteiger partial charge < -0.3 is 16.4 Å². The lowest BCUT2D eigenvalue weighted by atomic mass is 10.0. The highest BCUT2D eigenvalue weighted by Gasteiger charge is 2.22. The van der Waals surface area contributed by atoms with Crippen LogP contribution in [0.1, 0.15) is 22.8 Å². The fraction of sp³-hybridized carbons (Fsp3) is 0.167. The standard InChI is InChI=1S/C18H18BrN3O3/c1-11(23)21-15-9-5-3-7-13(15)18(25)22-16(17(20)24)10-12-6-2-4-8-14(12)19/h2-9,16H,10H2,1H3,(H2,20,24)(H,21,23)(H,22,25)/t16-/m0/s1. The van der Waals surface area contributed by atoms with Crippen LogP contribution < -0.4 is 16.4 Å². The Morgan fingerprint density at radius 3 is 2.36 bits per heavy atom. The second-order valence-electron chi connectivity index (χ2n) is 5.45. The molecule has 0 heterocycles. The maximum atomic E-state index is 12.6. The van der Waals surface area contributed by atoms with E-state index >= 15 is 0 Å². The number of carbonyl (C=O) groups is 3. The highest BCUT2D eigenvalue weighted by molar-refractivity contribution is 9.10. The van der Waals surface area contributed by atoms with Crippen LogP contribution in [0.5, 0.6) is 0 Å².